The van der Waals surface area contributed by atoms with Crippen LogP contribution in [0.25, 0.3) is 11.5 Å². The van der Waals surface area contributed by atoms with Crippen LogP contribution >= 0.6 is 15.9 Å². The average molecular weight is 348 g/mol. The number of halogens is 1. The molecule has 0 spiro atoms. The van der Waals surface area contributed by atoms with E-state index in [1.807, 2.05) is 24.3 Å². The Hall–Kier alpha value is -1.20. The highest BCUT2D eigenvalue weighted by molar-refractivity contribution is 9.10. The Bertz CT molecular complexity index is 622. The molecular weight excluding hydrogens is 330 g/mol. The van der Waals surface area contributed by atoms with E-state index in [4.69, 9.17) is 4.42 Å². The van der Waals surface area contributed by atoms with Gasteiger partial charge in [-0.05, 0) is 65.6 Å². The van der Waals surface area contributed by atoms with Gasteiger partial charge in [-0.1, -0.05) is 12.1 Å². The van der Waals surface area contributed by atoms with Crippen LogP contribution in [0.4, 0.5) is 0 Å². The van der Waals surface area contributed by atoms with Crippen molar-refractivity contribution in [2.45, 2.75) is 38.3 Å². The molecule has 2 fully saturated rings. The highest BCUT2D eigenvalue weighted by atomic mass is 79.9. The summed E-state index contributed by atoms with van der Waals surface area (Å²) in [7, 11) is 0. The average Bonchev–Trinajstić information content (AvgIpc) is 3.40. The molecule has 2 aliphatic carbocycles. The second-order valence-corrected chi connectivity index (χ2v) is 6.92. The van der Waals surface area contributed by atoms with Crippen LogP contribution in [-0.2, 0) is 6.54 Å². The third kappa shape index (κ3) is 3.04. The van der Waals surface area contributed by atoms with E-state index in [1.54, 1.807) is 0 Å². The zero-order chi connectivity index (χ0) is 14.2. The number of rotatable bonds is 6. The van der Waals surface area contributed by atoms with Crippen molar-refractivity contribution in [3.8, 4) is 11.5 Å². The number of benzene rings is 1. The molecule has 0 aliphatic heterocycles. The molecular formula is C16H18BrN3O. The van der Waals surface area contributed by atoms with Crippen molar-refractivity contribution in [1.29, 1.82) is 0 Å². The standard InChI is InChI=1S/C16H18BrN3O/c17-13-4-2-1-3-12(13)16-20-19-14(21-16)9-18-15(10-5-6-10)11-7-8-11/h1-4,10-11,15,18H,5-9H2. The number of hydrogen-bond acceptors (Lipinski definition) is 4. The summed E-state index contributed by atoms with van der Waals surface area (Å²) in [5, 5.41) is 12.0. The first-order valence-corrected chi connectivity index (χ1v) is 8.41. The lowest BCUT2D eigenvalue weighted by molar-refractivity contribution is 0.383. The molecule has 110 valence electrons. The summed E-state index contributed by atoms with van der Waals surface area (Å²) in [6.45, 7) is 0.676. The zero-order valence-electron chi connectivity index (χ0n) is 11.8. The van der Waals surface area contributed by atoms with Gasteiger partial charge in [0.05, 0.1) is 12.1 Å². The minimum absolute atomic E-state index is 0.577. The van der Waals surface area contributed by atoms with Crippen LogP contribution in [0.1, 0.15) is 31.6 Å². The highest BCUT2D eigenvalue weighted by Gasteiger charge is 2.41. The summed E-state index contributed by atoms with van der Waals surface area (Å²) in [5.41, 5.74) is 0.942. The topological polar surface area (TPSA) is 51.0 Å². The molecule has 0 saturated heterocycles. The lowest BCUT2D eigenvalue weighted by Gasteiger charge is -2.15. The monoisotopic (exact) mass is 347 g/mol. The van der Waals surface area contributed by atoms with Gasteiger partial charge in [0, 0.05) is 10.5 Å². The first-order chi connectivity index (χ1) is 10.3. The summed E-state index contributed by atoms with van der Waals surface area (Å²) >= 11 is 3.52. The van der Waals surface area contributed by atoms with Gasteiger partial charge in [-0.3, -0.25) is 0 Å². The van der Waals surface area contributed by atoms with E-state index in [2.05, 4.69) is 31.4 Å². The molecule has 5 heteroatoms. The second-order valence-electron chi connectivity index (χ2n) is 6.06. The summed E-state index contributed by atoms with van der Waals surface area (Å²) in [6.07, 6.45) is 5.50. The fourth-order valence-electron chi connectivity index (χ4n) is 2.90. The van der Waals surface area contributed by atoms with Gasteiger partial charge in [0.25, 0.3) is 0 Å². The molecule has 0 amide bonds. The van der Waals surface area contributed by atoms with Gasteiger partial charge in [0.15, 0.2) is 0 Å². The van der Waals surface area contributed by atoms with Gasteiger partial charge in [-0.2, -0.15) is 0 Å². The van der Waals surface area contributed by atoms with Gasteiger partial charge < -0.3 is 9.73 Å². The Morgan fingerprint density at radius 1 is 1.14 bits per heavy atom. The fraction of sp³-hybridized carbons (Fsp3) is 0.500. The van der Waals surface area contributed by atoms with Crippen LogP contribution < -0.4 is 5.32 Å². The lowest BCUT2D eigenvalue weighted by Crippen LogP contribution is -2.32. The van der Waals surface area contributed by atoms with Crippen LogP contribution in [0.2, 0.25) is 0 Å². The summed E-state index contributed by atoms with van der Waals surface area (Å²) < 4.78 is 6.76. The van der Waals surface area contributed by atoms with Crippen molar-refractivity contribution >= 4 is 15.9 Å². The van der Waals surface area contributed by atoms with E-state index in [0.29, 0.717) is 24.4 Å². The lowest BCUT2D eigenvalue weighted by atomic mass is 10.1. The van der Waals surface area contributed by atoms with Crippen molar-refractivity contribution in [2.24, 2.45) is 11.8 Å². The maximum Gasteiger partial charge on any atom is 0.248 e. The van der Waals surface area contributed by atoms with Crippen LogP contribution in [0.3, 0.4) is 0 Å². The molecule has 1 heterocycles. The number of aromatic nitrogens is 2. The Morgan fingerprint density at radius 2 is 1.86 bits per heavy atom. The van der Waals surface area contributed by atoms with E-state index in [-0.39, 0.29) is 0 Å². The third-order valence-corrected chi connectivity index (χ3v) is 5.01. The molecule has 4 nitrogen and oxygen atoms in total. The van der Waals surface area contributed by atoms with Crippen molar-refractivity contribution < 1.29 is 4.42 Å². The summed E-state index contributed by atoms with van der Waals surface area (Å²) in [6, 6.07) is 8.56. The van der Waals surface area contributed by atoms with Crippen LogP contribution in [0.5, 0.6) is 0 Å². The SMILES string of the molecule is Brc1ccccc1-c1nnc(CNC(C2CC2)C2CC2)o1. The Kier molecular flexibility index (Phi) is 3.55. The van der Waals surface area contributed by atoms with Crippen molar-refractivity contribution in [3.63, 3.8) is 0 Å². The zero-order valence-corrected chi connectivity index (χ0v) is 13.3. The van der Waals surface area contributed by atoms with Crippen molar-refractivity contribution in [2.75, 3.05) is 0 Å². The van der Waals surface area contributed by atoms with Crippen molar-refractivity contribution in [1.82, 2.24) is 15.5 Å². The van der Waals surface area contributed by atoms with Crippen molar-refractivity contribution in [3.05, 3.63) is 34.6 Å². The van der Waals surface area contributed by atoms with E-state index in [9.17, 15) is 0 Å². The van der Waals surface area contributed by atoms with Gasteiger partial charge in [-0.25, -0.2) is 0 Å². The predicted octanol–water partition coefficient (Wildman–Crippen LogP) is 3.78. The fourth-order valence-corrected chi connectivity index (χ4v) is 3.36. The molecule has 0 radical (unpaired) electrons. The third-order valence-electron chi connectivity index (χ3n) is 4.32. The molecule has 0 unspecified atom stereocenters. The number of hydrogen-bond donors (Lipinski definition) is 1. The smallest absolute Gasteiger partial charge is 0.248 e. The Labute approximate surface area is 132 Å². The largest absolute Gasteiger partial charge is 0.419 e. The first kappa shape index (κ1) is 13.5. The van der Waals surface area contributed by atoms with Gasteiger partial charge in [0.1, 0.15) is 0 Å². The maximum absolute atomic E-state index is 5.79. The molecule has 1 N–H and O–H groups in total. The quantitative estimate of drug-likeness (QED) is 0.863. The molecule has 4 rings (SSSR count). The minimum atomic E-state index is 0.577. The van der Waals surface area contributed by atoms with Crippen LogP contribution in [0.15, 0.2) is 33.2 Å². The molecule has 2 aliphatic rings. The number of nitrogens with zero attached hydrogens (tertiary/aromatic N) is 2. The maximum atomic E-state index is 5.79. The summed E-state index contributed by atoms with van der Waals surface area (Å²) in [4.78, 5) is 0. The Morgan fingerprint density at radius 3 is 2.52 bits per heavy atom. The molecule has 1 aromatic carbocycles. The minimum Gasteiger partial charge on any atom is -0.419 e. The molecule has 0 bridgehead atoms. The normalized spacial score (nSPS) is 18.4. The van der Waals surface area contributed by atoms with Gasteiger partial charge >= 0.3 is 0 Å². The first-order valence-electron chi connectivity index (χ1n) is 7.62. The van der Waals surface area contributed by atoms with Gasteiger partial charge in [0.2, 0.25) is 11.8 Å². The molecule has 2 saturated carbocycles. The van der Waals surface area contributed by atoms with E-state index in [1.165, 1.54) is 25.7 Å². The molecule has 2 aromatic rings. The molecule has 0 atom stereocenters. The second kappa shape index (κ2) is 5.54. The summed E-state index contributed by atoms with van der Waals surface area (Å²) in [5.74, 6) is 3.01. The van der Waals surface area contributed by atoms with Crippen LogP contribution in [-0.4, -0.2) is 16.2 Å². The highest BCUT2D eigenvalue weighted by Crippen LogP contribution is 2.44. The van der Waals surface area contributed by atoms with Crippen LogP contribution in [0, 0.1) is 11.8 Å². The van der Waals surface area contributed by atoms with Gasteiger partial charge in [-0.15, -0.1) is 10.2 Å². The molecule has 21 heavy (non-hydrogen) atoms. The van der Waals surface area contributed by atoms with E-state index >= 15 is 0 Å². The Balaban J connectivity index is 1.43. The predicted molar refractivity (Wildman–Crippen MR) is 83.5 cm³/mol. The van der Waals surface area contributed by atoms with E-state index < -0.39 is 0 Å². The van der Waals surface area contributed by atoms with E-state index in [0.717, 1.165) is 21.9 Å². The number of nitrogens with one attached hydrogen (secondary N) is 1. The molecule has 1 aromatic heterocycles.